The largest absolute Gasteiger partial charge is 0.494 e. The zero-order valence-corrected chi connectivity index (χ0v) is 16.8. The summed E-state index contributed by atoms with van der Waals surface area (Å²) >= 11 is 0. The molecule has 1 atom stereocenters. The summed E-state index contributed by atoms with van der Waals surface area (Å²) in [5, 5.41) is 21.9. The minimum atomic E-state index is -0.486. The van der Waals surface area contributed by atoms with Gasteiger partial charge in [-0.05, 0) is 51.1 Å². The first-order chi connectivity index (χ1) is 14.4. The van der Waals surface area contributed by atoms with Crippen LogP contribution in [0.5, 0.6) is 5.88 Å². The molecule has 1 amide bonds. The van der Waals surface area contributed by atoms with Crippen LogP contribution in [-0.4, -0.2) is 62.5 Å². The van der Waals surface area contributed by atoms with E-state index in [0.29, 0.717) is 27.7 Å². The smallest absolute Gasteiger partial charge is 0.270 e. The van der Waals surface area contributed by atoms with Gasteiger partial charge in [-0.25, -0.2) is 0 Å². The van der Waals surface area contributed by atoms with E-state index < -0.39 is 4.92 Å². The number of amides is 1. The highest BCUT2D eigenvalue weighted by atomic mass is 16.6. The van der Waals surface area contributed by atoms with Gasteiger partial charge >= 0.3 is 0 Å². The lowest BCUT2D eigenvalue weighted by atomic mass is 10.1. The molecule has 1 aliphatic rings. The van der Waals surface area contributed by atoms with Crippen molar-refractivity contribution < 1.29 is 14.8 Å². The standard InChI is InChI=1S/C21H23N5O4/c1-24-10-4-3-5-18(24)25(2)21(28)13-6-8-17(22-12-13)19-15-11-14(26(29)30)7-9-16(15)23-20(19)27/h6-9,11-12,18,23,27H,3-5,10H2,1-2H3. The van der Waals surface area contributed by atoms with Crippen LogP contribution in [0.4, 0.5) is 5.69 Å². The number of likely N-dealkylation sites (tertiary alicyclic amines) is 1. The van der Waals surface area contributed by atoms with Crippen LogP contribution in [0.2, 0.25) is 0 Å². The molecular formula is C21H23N5O4. The molecule has 1 saturated heterocycles. The number of rotatable bonds is 4. The molecule has 0 spiro atoms. The lowest BCUT2D eigenvalue weighted by Crippen LogP contribution is -2.49. The number of H-pyrrole nitrogens is 1. The number of pyridine rings is 1. The maximum absolute atomic E-state index is 12.9. The lowest BCUT2D eigenvalue weighted by Gasteiger charge is -2.38. The molecule has 3 heterocycles. The van der Waals surface area contributed by atoms with E-state index in [0.717, 1.165) is 25.8 Å². The zero-order chi connectivity index (χ0) is 21.4. The number of nitro groups is 1. The Morgan fingerprint density at radius 1 is 1.33 bits per heavy atom. The van der Waals surface area contributed by atoms with E-state index in [-0.39, 0.29) is 23.6 Å². The van der Waals surface area contributed by atoms with E-state index in [1.54, 1.807) is 30.1 Å². The number of carbonyl (C=O) groups excluding carboxylic acids is 1. The van der Waals surface area contributed by atoms with Crippen molar-refractivity contribution in [3.05, 3.63) is 52.2 Å². The zero-order valence-electron chi connectivity index (χ0n) is 16.8. The van der Waals surface area contributed by atoms with Gasteiger partial charge in [0.1, 0.15) is 0 Å². The van der Waals surface area contributed by atoms with E-state index in [1.807, 2.05) is 7.05 Å². The molecule has 3 aromatic rings. The van der Waals surface area contributed by atoms with Gasteiger partial charge in [0, 0.05) is 36.3 Å². The normalized spacial score (nSPS) is 17.2. The second kappa shape index (κ2) is 7.75. The molecule has 4 rings (SSSR count). The number of nitrogens with one attached hydrogen (secondary N) is 1. The fraction of sp³-hybridized carbons (Fsp3) is 0.333. The van der Waals surface area contributed by atoms with Crippen molar-refractivity contribution in [3.63, 3.8) is 0 Å². The molecule has 1 aliphatic heterocycles. The number of nitrogens with zero attached hydrogens (tertiary/aromatic N) is 4. The number of aromatic hydroxyl groups is 1. The molecular weight excluding hydrogens is 386 g/mol. The fourth-order valence-corrected chi connectivity index (χ4v) is 4.09. The van der Waals surface area contributed by atoms with E-state index in [9.17, 15) is 20.0 Å². The Hall–Kier alpha value is -3.46. The molecule has 2 N–H and O–H groups in total. The molecule has 9 heteroatoms. The Labute approximate surface area is 173 Å². The number of benzene rings is 1. The van der Waals surface area contributed by atoms with E-state index >= 15 is 0 Å². The van der Waals surface area contributed by atoms with Crippen molar-refractivity contribution in [2.45, 2.75) is 25.4 Å². The first-order valence-electron chi connectivity index (χ1n) is 9.79. The first kappa shape index (κ1) is 19.8. The van der Waals surface area contributed by atoms with Crippen molar-refractivity contribution in [1.82, 2.24) is 19.8 Å². The quantitative estimate of drug-likeness (QED) is 0.504. The third-order valence-electron chi connectivity index (χ3n) is 5.74. The van der Waals surface area contributed by atoms with Gasteiger partial charge in [-0.2, -0.15) is 0 Å². The monoisotopic (exact) mass is 409 g/mol. The minimum absolute atomic E-state index is 0.0594. The molecule has 2 aromatic heterocycles. The lowest BCUT2D eigenvalue weighted by molar-refractivity contribution is -0.384. The first-order valence-corrected chi connectivity index (χ1v) is 9.79. The Kier molecular flexibility index (Phi) is 5.13. The molecule has 0 aliphatic carbocycles. The van der Waals surface area contributed by atoms with E-state index in [2.05, 4.69) is 14.9 Å². The maximum atomic E-state index is 12.9. The highest BCUT2D eigenvalue weighted by molar-refractivity contribution is 6.00. The van der Waals surface area contributed by atoms with Crippen molar-refractivity contribution in [2.75, 3.05) is 20.6 Å². The van der Waals surface area contributed by atoms with Crippen LogP contribution in [0.25, 0.3) is 22.2 Å². The number of hydrogen-bond acceptors (Lipinski definition) is 6. The van der Waals surface area contributed by atoms with Crippen LogP contribution in [0.15, 0.2) is 36.5 Å². The summed E-state index contributed by atoms with van der Waals surface area (Å²) in [6.07, 6.45) is 4.70. The number of non-ortho nitro benzene ring substituents is 1. The minimum Gasteiger partial charge on any atom is -0.494 e. The molecule has 156 valence electrons. The number of aromatic amines is 1. The molecule has 1 fully saturated rings. The summed E-state index contributed by atoms with van der Waals surface area (Å²) < 4.78 is 0. The maximum Gasteiger partial charge on any atom is 0.270 e. The highest BCUT2D eigenvalue weighted by Crippen LogP contribution is 2.37. The number of nitro benzene ring substituents is 1. The molecule has 1 unspecified atom stereocenters. The Bertz CT molecular complexity index is 1110. The average molecular weight is 409 g/mol. The second-order valence-electron chi connectivity index (χ2n) is 7.64. The predicted molar refractivity (Wildman–Crippen MR) is 112 cm³/mol. The molecule has 30 heavy (non-hydrogen) atoms. The van der Waals surface area contributed by atoms with Crippen LogP contribution in [-0.2, 0) is 0 Å². The van der Waals surface area contributed by atoms with Gasteiger partial charge in [0.2, 0.25) is 0 Å². The summed E-state index contributed by atoms with van der Waals surface area (Å²) in [6.45, 7) is 0.964. The summed E-state index contributed by atoms with van der Waals surface area (Å²) in [7, 11) is 3.82. The SMILES string of the molecule is CN1CCCCC1N(C)C(=O)c1ccc(-c2c(O)[nH]c3ccc([N+](=O)[O-])cc23)nc1. The molecule has 1 aromatic carbocycles. The van der Waals surface area contributed by atoms with Crippen molar-refractivity contribution >= 4 is 22.5 Å². The third-order valence-corrected chi connectivity index (χ3v) is 5.74. The van der Waals surface area contributed by atoms with Crippen LogP contribution >= 0.6 is 0 Å². The third kappa shape index (κ3) is 3.48. The molecule has 9 nitrogen and oxygen atoms in total. The van der Waals surface area contributed by atoms with Gasteiger partial charge in [-0.3, -0.25) is 24.8 Å². The van der Waals surface area contributed by atoms with Gasteiger partial charge in [0.25, 0.3) is 11.6 Å². The summed E-state index contributed by atoms with van der Waals surface area (Å²) in [4.78, 5) is 34.6. The van der Waals surface area contributed by atoms with Gasteiger partial charge < -0.3 is 15.0 Å². The van der Waals surface area contributed by atoms with Crippen molar-refractivity contribution in [2.24, 2.45) is 0 Å². The van der Waals surface area contributed by atoms with Crippen molar-refractivity contribution in [1.29, 1.82) is 0 Å². The number of fused-ring (bicyclic) bond motifs is 1. The van der Waals surface area contributed by atoms with E-state index in [1.165, 1.54) is 18.3 Å². The van der Waals surface area contributed by atoms with Gasteiger partial charge in [-0.1, -0.05) is 0 Å². The van der Waals surface area contributed by atoms with Gasteiger partial charge in [0.15, 0.2) is 5.88 Å². The Balaban J connectivity index is 1.64. The molecule has 0 bridgehead atoms. The topological polar surface area (TPSA) is 116 Å². The summed E-state index contributed by atoms with van der Waals surface area (Å²) in [6, 6.07) is 7.63. The average Bonchev–Trinajstić information content (AvgIpc) is 3.08. The number of aromatic nitrogens is 2. The summed E-state index contributed by atoms with van der Waals surface area (Å²) in [5.74, 6) is -0.246. The van der Waals surface area contributed by atoms with Crippen LogP contribution in [0.3, 0.4) is 0 Å². The van der Waals surface area contributed by atoms with Crippen LogP contribution in [0, 0.1) is 10.1 Å². The Morgan fingerprint density at radius 3 is 2.80 bits per heavy atom. The predicted octanol–water partition coefficient (Wildman–Crippen LogP) is 3.36. The summed E-state index contributed by atoms with van der Waals surface area (Å²) in [5.41, 5.74) is 1.73. The number of carbonyl (C=O) groups is 1. The second-order valence-corrected chi connectivity index (χ2v) is 7.64. The van der Waals surface area contributed by atoms with E-state index in [4.69, 9.17) is 0 Å². The highest BCUT2D eigenvalue weighted by Gasteiger charge is 2.27. The van der Waals surface area contributed by atoms with Gasteiger partial charge in [-0.15, -0.1) is 0 Å². The fourth-order valence-electron chi connectivity index (χ4n) is 4.09. The van der Waals surface area contributed by atoms with Crippen molar-refractivity contribution in [3.8, 4) is 17.1 Å². The molecule has 0 saturated carbocycles. The van der Waals surface area contributed by atoms with Crippen LogP contribution in [0.1, 0.15) is 29.6 Å². The number of hydrogen-bond donors (Lipinski definition) is 2. The van der Waals surface area contributed by atoms with Crippen LogP contribution < -0.4 is 0 Å². The van der Waals surface area contributed by atoms with Gasteiger partial charge in [0.05, 0.1) is 27.9 Å². The Morgan fingerprint density at radius 2 is 2.13 bits per heavy atom. The molecule has 0 radical (unpaired) electrons. The number of piperidine rings is 1.